The van der Waals surface area contributed by atoms with Gasteiger partial charge in [-0.25, -0.2) is 4.98 Å². The van der Waals surface area contributed by atoms with E-state index in [1.165, 1.54) is 18.3 Å². The molecule has 1 heterocycles. The van der Waals surface area contributed by atoms with Gasteiger partial charge in [0.05, 0.1) is 5.69 Å². The van der Waals surface area contributed by atoms with Gasteiger partial charge in [0.15, 0.2) is 5.13 Å². The van der Waals surface area contributed by atoms with Crippen LogP contribution in [0.3, 0.4) is 0 Å². The van der Waals surface area contributed by atoms with Gasteiger partial charge in [-0.3, -0.25) is 9.59 Å². The van der Waals surface area contributed by atoms with E-state index in [4.69, 9.17) is 0 Å². The molecular formula is C23H25N3O2S. The van der Waals surface area contributed by atoms with Crippen LogP contribution in [0.4, 0.5) is 5.13 Å². The lowest BCUT2D eigenvalue weighted by Gasteiger charge is -2.10. The first-order valence-electron chi connectivity index (χ1n) is 9.65. The lowest BCUT2D eigenvalue weighted by molar-refractivity contribution is -0.119. The second-order valence-corrected chi connectivity index (χ2v) is 7.89. The summed E-state index contributed by atoms with van der Waals surface area (Å²) in [6.45, 7) is 4.20. The Morgan fingerprint density at radius 2 is 1.79 bits per heavy atom. The van der Waals surface area contributed by atoms with Gasteiger partial charge in [-0.15, -0.1) is 11.3 Å². The largest absolute Gasteiger partial charge is 0.356 e. The zero-order valence-corrected chi connectivity index (χ0v) is 17.5. The number of hydrogen-bond donors (Lipinski definition) is 2. The average molecular weight is 408 g/mol. The van der Waals surface area contributed by atoms with Crippen LogP contribution in [-0.2, 0) is 16.0 Å². The Balaban J connectivity index is 1.54. The maximum Gasteiger partial charge on any atom is 0.226 e. The fourth-order valence-electron chi connectivity index (χ4n) is 3.04. The topological polar surface area (TPSA) is 71.1 Å². The molecule has 0 aliphatic carbocycles. The predicted octanol–water partition coefficient (Wildman–Crippen LogP) is 4.62. The van der Waals surface area contributed by atoms with Crippen molar-refractivity contribution < 1.29 is 9.59 Å². The normalized spacial score (nSPS) is 11.7. The molecule has 0 aliphatic rings. The molecule has 2 aromatic carbocycles. The number of rotatable bonds is 8. The summed E-state index contributed by atoms with van der Waals surface area (Å²) >= 11 is 1.43. The highest BCUT2D eigenvalue weighted by atomic mass is 32.1. The molecule has 0 saturated heterocycles. The molecule has 0 aliphatic heterocycles. The van der Waals surface area contributed by atoms with Crippen LogP contribution in [-0.4, -0.2) is 23.3 Å². The number of aromatic nitrogens is 1. The van der Waals surface area contributed by atoms with Crippen molar-refractivity contribution in [2.24, 2.45) is 0 Å². The third kappa shape index (κ3) is 6.26. The smallest absolute Gasteiger partial charge is 0.226 e. The molecule has 5 nitrogen and oxygen atoms in total. The first-order chi connectivity index (χ1) is 14.0. The highest BCUT2D eigenvalue weighted by molar-refractivity contribution is 7.14. The molecule has 3 rings (SSSR count). The minimum absolute atomic E-state index is 0.0168. The zero-order valence-electron chi connectivity index (χ0n) is 16.6. The molecule has 1 atom stereocenters. The maximum absolute atomic E-state index is 12.4. The van der Waals surface area contributed by atoms with Crippen LogP contribution in [0.15, 0.2) is 60.0 Å². The van der Waals surface area contributed by atoms with Crippen LogP contribution in [0.25, 0.3) is 11.3 Å². The summed E-state index contributed by atoms with van der Waals surface area (Å²) < 4.78 is 0. The number of carbonyl (C=O) groups excluding carboxylic acids is 2. The Bertz CT molecular complexity index is 952. The van der Waals surface area contributed by atoms with Crippen molar-refractivity contribution in [2.75, 3.05) is 11.9 Å². The molecule has 2 amide bonds. The van der Waals surface area contributed by atoms with E-state index in [2.05, 4.69) is 22.5 Å². The number of benzene rings is 2. The number of anilines is 1. The third-order valence-corrected chi connectivity index (χ3v) is 5.41. The number of hydrogen-bond acceptors (Lipinski definition) is 4. The standard InChI is InChI=1S/C23H25N3O2S/c1-16(19-6-4-3-5-7-19)14-22(28)26-23-25-21(15-29-23)20-10-8-18(9-11-20)12-13-24-17(2)27/h3-11,15-16H,12-14H2,1-2H3,(H,24,27)(H,25,26,28)/t16-/m1/s1. The summed E-state index contributed by atoms with van der Waals surface area (Å²) in [7, 11) is 0. The quantitative estimate of drug-likeness (QED) is 0.572. The van der Waals surface area contributed by atoms with Crippen molar-refractivity contribution >= 4 is 28.3 Å². The number of nitrogens with one attached hydrogen (secondary N) is 2. The predicted molar refractivity (Wildman–Crippen MR) is 118 cm³/mol. The Kier molecular flexibility index (Phi) is 7.14. The van der Waals surface area contributed by atoms with E-state index >= 15 is 0 Å². The number of carbonyl (C=O) groups is 2. The molecule has 29 heavy (non-hydrogen) atoms. The number of thiazole rings is 1. The second-order valence-electron chi connectivity index (χ2n) is 7.03. The molecule has 0 unspecified atom stereocenters. The van der Waals surface area contributed by atoms with Gasteiger partial charge in [0.2, 0.25) is 11.8 Å². The van der Waals surface area contributed by atoms with Crippen LogP contribution in [0.5, 0.6) is 0 Å². The average Bonchev–Trinajstić information content (AvgIpc) is 3.17. The molecule has 2 N–H and O–H groups in total. The second kappa shape index (κ2) is 9.98. The van der Waals surface area contributed by atoms with E-state index in [1.54, 1.807) is 0 Å². The molecule has 0 saturated carbocycles. The summed E-state index contributed by atoms with van der Waals surface area (Å²) in [6.07, 6.45) is 1.21. The molecule has 3 aromatic rings. The molecule has 0 fully saturated rings. The van der Waals surface area contributed by atoms with Crippen LogP contribution in [0.1, 0.15) is 37.3 Å². The van der Waals surface area contributed by atoms with Crippen molar-refractivity contribution in [1.29, 1.82) is 0 Å². The molecule has 0 bridgehead atoms. The molecule has 0 radical (unpaired) electrons. The van der Waals surface area contributed by atoms with Crippen molar-refractivity contribution in [2.45, 2.75) is 32.6 Å². The summed E-state index contributed by atoms with van der Waals surface area (Å²) in [5.74, 6) is 0.105. The van der Waals surface area contributed by atoms with Crippen LogP contribution in [0.2, 0.25) is 0 Å². The van der Waals surface area contributed by atoms with Gasteiger partial charge in [0.1, 0.15) is 0 Å². The van der Waals surface area contributed by atoms with E-state index in [9.17, 15) is 9.59 Å². The fourth-order valence-corrected chi connectivity index (χ4v) is 3.77. The Morgan fingerprint density at radius 1 is 1.07 bits per heavy atom. The van der Waals surface area contributed by atoms with Gasteiger partial charge >= 0.3 is 0 Å². The van der Waals surface area contributed by atoms with E-state index in [1.807, 2.05) is 60.0 Å². The summed E-state index contributed by atoms with van der Waals surface area (Å²) in [6, 6.07) is 18.1. The van der Waals surface area contributed by atoms with Gasteiger partial charge in [0.25, 0.3) is 0 Å². The van der Waals surface area contributed by atoms with E-state index < -0.39 is 0 Å². The summed E-state index contributed by atoms with van der Waals surface area (Å²) in [5, 5.41) is 8.26. The van der Waals surface area contributed by atoms with Crippen molar-refractivity contribution in [3.05, 3.63) is 71.1 Å². The Hall–Kier alpha value is -2.99. The van der Waals surface area contributed by atoms with Crippen LogP contribution in [0, 0.1) is 0 Å². The highest BCUT2D eigenvalue weighted by Gasteiger charge is 2.13. The first kappa shape index (κ1) is 20.7. The molecule has 150 valence electrons. The van der Waals surface area contributed by atoms with Crippen LogP contribution < -0.4 is 10.6 Å². The van der Waals surface area contributed by atoms with Gasteiger partial charge in [-0.1, -0.05) is 61.5 Å². The summed E-state index contributed by atoms with van der Waals surface area (Å²) in [5.41, 5.74) is 4.15. The lowest BCUT2D eigenvalue weighted by Crippen LogP contribution is -2.22. The zero-order chi connectivity index (χ0) is 20.6. The van der Waals surface area contributed by atoms with Crippen molar-refractivity contribution in [3.8, 4) is 11.3 Å². The van der Waals surface area contributed by atoms with Crippen LogP contribution >= 0.6 is 11.3 Å². The molecule has 0 spiro atoms. The Morgan fingerprint density at radius 3 is 2.48 bits per heavy atom. The van der Waals surface area contributed by atoms with Gasteiger partial charge in [-0.2, -0.15) is 0 Å². The molecule has 1 aromatic heterocycles. The van der Waals surface area contributed by atoms with E-state index in [0.717, 1.165) is 28.8 Å². The van der Waals surface area contributed by atoms with E-state index in [0.29, 0.717) is 18.1 Å². The van der Waals surface area contributed by atoms with Gasteiger partial charge < -0.3 is 10.6 Å². The monoisotopic (exact) mass is 407 g/mol. The summed E-state index contributed by atoms with van der Waals surface area (Å²) in [4.78, 5) is 27.8. The van der Waals surface area contributed by atoms with Gasteiger partial charge in [0, 0.05) is 30.8 Å². The van der Waals surface area contributed by atoms with Crippen molar-refractivity contribution in [3.63, 3.8) is 0 Å². The molecule has 6 heteroatoms. The highest BCUT2D eigenvalue weighted by Crippen LogP contribution is 2.26. The number of amides is 2. The maximum atomic E-state index is 12.4. The minimum atomic E-state index is -0.0319. The first-order valence-corrected chi connectivity index (χ1v) is 10.5. The Labute approximate surface area is 175 Å². The number of nitrogens with zero attached hydrogens (tertiary/aromatic N) is 1. The molecular weight excluding hydrogens is 382 g/mol. The van der Waals surface area contributed by atoms with Gasteiger partial charge in [-0.05, 0) is 23.5 Å². The lowest BCUT2D eigenvalue weighted by atomic mass is 9.98. The minimum Gasteiger partial charge on any atom is -0.356 e. The fraction of sp³-hybridized carbons (Fsp3) is 0.261. The SMILES string of the molecule is CC(=O)NCCc1ccc(-c2csc(NC(=O)C[C@@H](C)c3ccccc3)n2)cc1. The van der Waals surface area contributed by atoms with Crippen molar-refractivity contribution in [1.82, 2.24) is 10.3 Å². The van der Waals surface area contributed by atoms with E-state index in [-0.39, 0.29) is 17.7 Å². The third-order valence-electron chi connectivity index (χ3n) is 4.65.